The molecule has 2 unspecified atom stereocenters. The van der Waals surface area contributed by atoms with E-state index in [4.69, 9.17) is 4.74 Å². The molecule has 0 saturated carbocycles. The summed E-state index contributed by atoms with van der Waals surface area (Å²) in [5.74, 6) is -0.0646. The summed E-state index contributed by atoms with van der Waals surface area (Å²) in [6.07, 6.45) is 0.827. The van der Waals surface area contributed by atoms with Crippen LogP contribution >= 0.6 is 0 Å². The average molecular weight is 291 g/mol. The molecule has 114 valence electrons. The first-order chi connectivity index (χ1) is 9.99. The van der Waals surface area contributed by atoms with Crippen LogP contribution < -0.4 is 10.1 Å². The molecule has 2 rings (SSSR count). The minimum absolute atomic E-state index is 0.0560. The van der Waals surface area contributed by atoms with E-state index in [0.29, 0.717) is 0 Å². The number of hydrogen-bond acceptors (Lipinski definition) is 3. The van der Waals surface area contributed by atoms with Gasteiger partial charge in [-0.2, -0.15) is 5.10 Å². The van der Waals surface area contributed by atoms with Crippen LogP contribution in [0, 0.1) is 12.7 Å². The van der Waals surface area contributed by atoms with Crippen LogP contribution in [0.2, 0.25) is 0 Å². The van der Waals surface area contributed by atoms with Crippen molar-refractivity contribution in [2.24, 2.45) is 0 Å². The van der Waals surface area contributed by atoms with Crippen LogP contribution in [0.4, 0.5) is 4.39 Å². The number of benzene rings is 1. The Kier molecular flexibility index (Phi) is 4.96. The molecule has 1 heterocycles. The van der Waals surface area contributed by atoms with Crippen LogP contribution in [-0.4, -0.2) is 23.3 Å². The average Bonchev–Trinajstić information content (AvgIpc) is 2.83. The summed E-state index contributed by atoms with van der Waals surface area (Å²) in [5.41, 5.74) is 2.99. The predicted molar refractivity (Wildman–Crippen MR) is 81.0 cm³/mol. The third kappa shape index (κ3) is 4.04. The lowest BCUT2D eigenvalue weighted by atomic mass is 10.1. The first-order valence-corrected chi connectivity index (χ1v) is 7.10. The summed E-state index contributed by atoms with van der Waals surface area (Å²) in [6.45, 7) is 6.10. The number of rotatable bonds is 6. The summed E-state index contributed by atoms with van der Waals surface area (Å²) < 4.78 is 18.7. The Morgan fingerprint density at radius 1 is 1.33 bits per heavy atom. The number of halogens is 1. The lowest BCUT2D eigenvalue weighted by molar-refractivity contribution is 0.385. The first-order valence-electron chi connectivity index (χ1n) is 7.10. The van der Waals surface area contributed by atoms with E-state index in [-0.39, 0.29) is 23.7 Å². The third-order valence-electron chi connectivity index (χ3n) is 3.48. The zero-order valence-corrected chi connectivity index (χ0v) is 12.9. The smallest absolute Gasteiger partial charge is 0.165 e. The lowest BCUT2D eigenvalue weighted by Crippen LogP contribution is -2.30. The molecule has 0 radical (unpaired) electrons. The number of nitrogens with one attached hydrogen (secondary N) is 2. The highest BCUT2D eigenvalue weighted by atomic mass is 19.1. The van der Waals surface area contributed by atoms with Gasteiger partial charge in [0.15, 0.2) is 11.6 Å². The molecule has 0 fully saturated rings. The minimum Gasteiger partial charge on any atom is -0.494 e. The van der Waals surface area contributed by atoms with Gasteiger partial charge in [-0.15, -0.1) is 0 Å². The number of nitrogens with zero attached hydrogens (tertiary/aromatic N) is 1. The predicted octanol–water partition coefficient (Wildman–Crippen LogP) is 3.15. The molecular weight excluding hydrogens is 269 g/mol. The standard InChI is InChI=1S/C16H22FN3O/c1-10(7-14-8-11(2)19-20-14)18-12(3)13-5-6-16(21-4)15(17)9-13/h5-6,8-10,12,18H,7H2,1-4H3,(H,19,20). The fourth-order valence-corrected chi connectivity index (χ4v) is 2.43. The monoisotopic (exact) mass is 291 g/mol. The highest BCUT2D eigenvalue weighted by Crippen LogP contribution is 2.22. The van der Waals surface area contributed by atoms with Gasteiger partial charge in [-0.3, -0.25) is 5.10 Å². The summed E-state index contributed by atoms with van der Waals surface area (Å²) in [5, 5.41) is 10.6. The molecule has 4 nitrogen and oxygen atoms in total. The number of ether oxygens (including phenoxy) is 1. The molecule has 0 amide bonds. The minimum atomic E-state index is -0.334. The van der Waals surface area contributed by atoms with Crippen molar-refractivity contribution in [3.63, 3.8) is 0 Å². The second-order valence-electron chi connectivity index (χ2n) is 5.43. The summed E-state index contributed by atoms with van der Waals surface area (Å²) in [4.78, 5) is 0. The van der Waals surface area contributed by atoms with Crippen molar-refractivity contribution in [1.29, 1.82) is 0 Å². The van der Waals surface area contributed by atoms with Crippen molar-refractivity contribution in [2.45, 2.75) is 39.3 Å². The Bertz CT molecular complexity index is 597. The van der Waals surface area contributed by atoms with Crippen LogP contribution in [0.1, 0.15) is 36.8 Å². The maximum Gasteiger partial charge on any atom is 0.165 e. The molecule has 21 heavy (non-hydrogen) atoms. The molecule has 2 N–H and O–H groups in total. The van der Waals surface area contributed by atoms with Gasteiger partial charge in [0, 0.05) is 24.2 Å². The van der Waals surface area contributed by atoms with Gasteiger partial charge < -0.3 is 10.1 Å². The van der Waals surface area contributed by atoms with Gasteiger partial charge in [-0.05, 0) is 44.5 Å². The molecule has 1 aromatic heterocycles. The first kappa shape index (κ1) is 15.5. The quantitative estimate of drug-likeness (QED) is 0.859. The van der Waals surface area contributed by atoms with E-state index in [1.807, 2.05) is 26.0 Å². The normalized spacial score (nSPS) is 14.0. The SMILES string of the molecule is COc1ccc(C(C)NC(C)Cc2cc(C)[nH]n2)cc1F. The molecule has 1 aromatic carbocycles. The maximum atomic E-state index is 13.7. The Hall–Kier alpha value is -1.88. The van der Waals surface area contributed by atoms with Gasteiger partial charge >= 0.3 is 0 Å². The van der Waals surface area contributed by atoms with E-state index >= 15 is 0 Å². The summed E-state index contributed by atoms with van der Waals surface area (Å²) >= 11 is 0. The van der Waals surface area contributed by atoms with Gasteiger partial charge in [-0.1, -0.05) is 6.07 Å². The fraction of sp³-hybridized carbons (Fsp3) is 0.438. The molecular formula is C16H22FN3O. The molecule has 0 spiro atoms. The zero-order chi connectivity index (χ0) is 15.4. The fourth-order valence-electron chi connectivity index (χ4n) is 2.43. The molecule has 0 saturated heterocycles. The number of aryl methyl sites for hydroxylation is 1. The van der Waals surface area contributed by atoms with Gasteiger partial charge in [0.25, 0.3) is 0 Å². The highest BCUT2D eigenvalue weighted by molar-refractivity contribution is 5.30. The Morgan fingerprint density at radius 2 is 2.10 bits per heavy atom. The number of H-pyrrole nitrogens is 1. The molecule has 0 bridgehead atoms. The highest BCUT2D eigenvalue weighted by Gasteiger charge is 2.13. The Labute approximate surface area is 124 Å². The summed E-state index contributed by atoms with van der Waals surface area (Å²) in [6, 6.07) is 7.39. The van der Waals surface area contributed by atoms with E-state index in [1.54, 1.807) is 6.07 Å². The van der Waals surface area contributed by atoms with Crippen molar-refractivity contribution < 1.29 is 9.13 Å². The van der Waals surface area contributed by atoms with Gasteiger partial charge in [0.2, 0.25) is 0 Å². The van der Waals surface area contributed by atoms with Gasteiger partial charge in [0.1, 0.15) is 0 Å². The van der Waals surface area contributed by atoms with E-state index < -0.39 is 0 Å². The summed E-state index contributed by atoms with van der Waals surface area (Å²) in [7, 11) is 1.47. The van der Waals surface area contributed by atoms with E-state index in [2.05, 4.69) is 22.4 Å². The number of aromatic nitrogens is 2. The van der Waals surface area contributed by atoms with Crippen LogP contribution in [0.3, 0.4) is 0 Å². The molecule has 0 aliphatic heterocycles. The molecule has 2 aromatic rings. The van der Waals surface area contributed by atoms with Crippen molar-refractivity contribution in [1.82, 2.24) is 15.5 Å². The lowest BCUT2D eigenvalue weighted by Gasteiger charge is -2.20. The molecule has 0 aliphatic rings. The topological polar surface area (TPSA) is 49.9 Å². The molecule has 5 heteroatoms. The van der Waals surface area contributed by atoms with Crippen LogP contribution in [-0.2, 0) is 6.42 Å². The van der Waals surface area contributed by atoms with Crippen molar-refractivity contribution in [3.8, 4) is 5.75 Å². The Balaban J connectivity index is 1.97. The number of hydrogen-bond donors (Lipinski definition) is 2. The zero-order valence-electron chi connectivity index (χ0n) is 12.9. The van der Waals surface area contributed by atoms with Gasteiger partial charge in [-0.25, -0.2) is 4.39 Å². The van der Waals surface area contributed by atoms with Gasteiger partial charge in [0.05, 0.1) is 12.8 Å². The van der Waals surface area contributed by atoms with Crippen molar-refractivity contribution >= 4 is 0 Å². The van der Waals surface area contributed by atoms with Crippen molar-refractivity contribution in [3.05, 3.63) is 47.0 Å². The van der Waals surface area contributed by atoms with Crippen LogP contribution in [0.15, 0.2) is 24.3 Å². The number of aromatic amines is 1. The second-order valence-corrected chi connectivity index (χ2v) is 5.43. The maximum absolute atomic E-state index is 13.7. The third-order valence-corrected chi connectivity index (χ3v) is 3.48. The molecule has 2 atom stereocenters. The Morgan fingerprint density at radius 3 is 2.67 bits per heavy atom. The second kappa shape index (κ2) is 6.72. The van der Waals surface area contributed by atoms with E-state index in [1.165, 1.54) is 13.2 Å². The van der Waals surface area contributed by atoms with E-state index in [9.17, 15) is 4.39 Å². The van der Waals surface area contributed by atoms with Crippen LogP contribution in [0.25, 0.3) is 0 Å². The number of methoxy groups -OCH3 is 1. The largest absolute Gasteiger partial charge is 0.494 e. The van der Waals surface area contributed by atoms with Crippen molar-refractivity contribution in [2.75, 3.05) is 7.11 Å². The van der Waals surface area contributed by atoms with E-state index in [0.717, 1.165) is 23.4 Å². The van der Waals surface area contributed by atoms with Crippen LogP contribution in [0.5, 0.6) is 5.75 Å². The molecule has 0 aliphatic carbocycles.